The van der Waals surface area contributed by atoms with Gasteiger partial charge in [0.1, 0.15) is 47.3 Å². The van der Waals surface area contributed by atoms with Gasteiger partial charge in [0.05, 0.1) is 36.4 Å². The standard InChI is InChI=1S/C60H88FN5O13/c1-11-42-27-36(6)60(64-55(42)73)40(10)53(71)39(9)51(79-60)32-49(70)34(4)19-14-12-15-20-35(5)50-23-17-13-16-22-48(69)38(8)54(72)45(25-24-37(7)67)56(74)63-52(33(2)3)57(75)62-47(30-41-28-43(61)31-44(68)29-41)58(76)66-26-18-21-46(65-66)59(77)78-50/h11-13,15-17,20,22,28-29,31,33-34,36,38-40,45-54,65,68-72H,14,18-19,21,23-27,30,32H2,1-10H3,(H,62,75)(H,63,74)(H,64,73)/b15-12+,17-13+,22-16+,35-20+,42-11+/t34-,36-,38-,39-,40-,45+,46?,47-,48-,49-,50-,51-,52-,53-,54+,60+/m0/s1. The number of carbonyl (C=O) groups excluding carboxylic acids is 6. The minimum atomic E-state index is -1.47. The number of piperidine rings is 1. The van der Waals surface area contributed by atoms with Crippen molar-refractivity contribution < 1.29 is 68.2 Å². The van der Waals surface area contributed by atoms with Crippen LogP contribution in [0.2, 0.25) is 0 Å². The molecule has 3 saturated heterocycles. The number of hydrazine groups is 1. The molecule has 1 spiro atoms. The number of amides is 4. The van der Waals surface area contributed by atoms with Crippen molar-refractivity contribution in [3.05, 3.63) is 89.3 Å². The van der Waals surface area contributed by atoms with Gasteiger partial charge in [0, 0.05) is 67.5 Å². The van der Waals surface area contributed by atoms with Crippen molar-refractivity contribution in [2.24, 2.45) is 41.4 Å². The van der Waals surface area contributed by atoms with Gasteiger partial charge in [-0.2, -0.15) is 0 Å². The van der Waals surface area contributed by atoms with E-state index in [2.05, 4.69) is 21.4 Å². The topological polar surface area (TPSA) is 273 Å². The molecule has 4 amide bonds. The minimum Gasteiger partial charge on any atom is -0.508 e. The van der Waals surface area contributed by atoms with Crippen LogP contribution in [0.3, 0.4) is 0 Å². The van der Waals surface area contributed by atoms with E-state index in [9.17, 15) is 58.7 Å². The number of aromatic hydroxyl groups is 1. The van der Waals surface area contributed by atoms with Crippen molar-refractivity contribution in [3.8, 4) is 5.75 Å². The Labute approximate surface area is 465 Å². The van der Waals surface area contributed by atoms with Crippen LogP contribution in [0.4, 0.5) is 4.39 Å². The van der Waals surface area contributed by atoms with Crippen LogP contribution in [0.1, 0.15) is 133 Å². The van der Waals surface area contributed by atoms with Gasteiger partial charge in [-0.3, -0.25) is 29.0 Å². The van der Waals surface area contributed by atoms with E-state index in [4.69, 9.17) is 9.47 Å². The van der Waals surface area contributed by atoms with Crippen LogP contribution in [-0.2, 0) is 44.7 Å². The lowest BCUT2D eigenvalue weighted by Gasteiger charge is -2.55. The number of carbonyl (C=O) groups is 6. The first-order valence-electron chi connectivity index (χ1n) is 28.2. The summed E-state index contributed by atoms with van der Waals surface area (Å²) >= 11 is 0. The molecule has 0 radical (unpaired) electrons. The first kappa shape index (κ1) is 64.3. The molecule has 19 heteroatoms. The summed E-state index contributed by atoms with van der Waals surface area (Å²) < 4.78 is 27.5. The Kier molecular flexibility index (Phi) is 23.8. The Morgan fingerprint density at radius 3 is 2.35 bits per heavy atom. The molecule has 1 aromatic carbocycles. The summed E-state index contributed by atoms with van der Waals surface area (Å²) in [7, 11) is 0. The number of halogens is 1. The highest BCUT2D eigenvalue weighted by molar-refractivity contribution is 5.95. The van der Waals surface area contributed by atoms with Gasteiger partial charge in [0.2, 0.25) is 17.7 Å². The van der Waals surface area contributed by atoms with Crippen LogP contribution in [0.15, 0.2) is 78.0 Å². The number of rotatable bonds is 14. The molecule has 1 aromatic rings. The predicted molar refractivity (Wildman–Crippen MR) is 295 cm³/mol. The molecule has 1 unspecified atom stereocenters. The number of ketones is 1. The Morgan fingerprint density at radius 2 is 1.68 bits per heavy atom. The number of esters is 1. The third kappa shape index (κ3) is 17.0. The van der Waals surface area contributed by atoms with Crippen molar-refractivity contribution in [2.75, 3.05) is 6.54 Å². The molecule has 4 aliphatic rings. The number of Topliss-reactive ketones (excluding diaryl/α,β-unsaturated/α-hetero) is 1. The maximum atomic E-state index is 14.6. The van der Waals surface area contributed by atoms with Gasteiger partial charge >= 0.3 is 5.97 Å². The largest absolute Gasteiger partial charge is 0.508 e. The van der Waals surface area contributed by atoms with Gasteiger partial charge in [-0.05, 0) is 94.4 Å². The molecule has 0 aromatic heterocycles. The quantitative estimate of drug-likeness (QED) is 0.0636. The molecule has 5 rings (SSSR count). The van der Waals surface area contributed by atoms with E-state index in [1.807, 2.05) is 59.8 Å². The summed E-state index contributed by atoms with van der Waals surface area (Å²) in [6.07, 6.45) is 10.6. The lowest BCUT2D eigenvalue weighted by Crippen LogP contribution is -2.70. The van der Waals surface area contributed by atoms with Crippen LogP contribution >= 0.6 is 0 Å². The molecule has 18 nitrogen and oxygen atoms in total. The molecule has 79 heavy (non-hydrogen) atoms. The zero-order valence-electron chi connectivity index (χ0n) is 47.7. The van der Waals surface area contributed by atoms with Gasteiger partial charge in [0.25, 0.3) is 5.91 Å². The zero-order valence-corrected chi connectivity index (χ0v) is 47.7. The molecule has 0 saturated carbocycles. The average molecular weight is 1110 g/mol. The van der Waals surface area contributed by atoms with Gasteiger partial charge in [-0.15, -0.1) is 0 Å². The summed E-state index contributed by atoms with van der Waals surface area (Å²) in [4.78, 5) is 82.1. The van der Waals surface area contributed by atoms with Gasteiger partial charge in [0.15, 0.2) is 0 Å². The number of allylic oxidation sites excluding steroid dienone is 6. The maximum Gasteiger partial charge on any atom is 0.325 e. The monoisotopic (exact) mass is 1110 g/mol. The Morgan fingerprint density at radius 1 is 0.962 bits per heavy atom. The normalized spacial score (nSPS) is 34.3. The number of hydrogen-bond donors (Lipinski definition) is 9. The number of cyclic esters (lactones) is 1. The van der Waals surface area contributed by atoms with E-state index < -0.39 is 113 Å². The number of nitrogens with zero attached hydrogens (tertiary/aromatic N) is 1. The van der Waals surface area contributed by atoms with Crippen LogP contribution < -0.4 is 21.4 Å². The fourth-order valence-corrected chi connectivity index (χ4v) is 11.1. The van der Waals surface area contributed by atoms with Crippen LogP contribution in [-0.4, -0.2) is 133 Å². The van der Waals surface area contributed by atoms with E-state index in [0.29, 0.717) is 43.3 Å². The smallest absolute Gasteiger partial charge is 0.325 e. The fraction of sp³-hybridized carbons (Fsp3) is 0.633. The summed E-state index contributed by atoms with van der Waals surface area (Å²) in [6, 6.07) is -0.417. The molecule has 9 N–H and O–H groups in total. The van der Waals surface area contributed by atoms with Gasteiger partial charge in [-0.1, -0.05) is 97.1 Å². The van der Waals surface area contributed by atoms with Gasteiger partial charge in [-0.25, -0.2) is 9.82 Å². The maximum absolute atomic E-state index is 14.6. The number of aliphatic hydroxyl groups is 4. The van der Waals surface area contributed by atoms with Crippen molar-refractivity contribution in [1.29, 1.82) is 0 Å². The Hall–Kier alpha value is -5.57. The highest BCUT2D eigenvalue weighted by atomic mass is 19.1. The van der Waals surface area contributed by atoms with E-state index >= 15 is 0 Å². The fourth-order valence-electron chi connectivity index (χ4n) is 11.1. The SMILES string of the molecule is C/C=C1\C[C@H](C)[C@@]2(NC1=O)O[C@@H](C[C@H](O)[C@@H](C)CC/C=C/C=C(\C)[C@@H]1C/C=C/C=C/[C@H](O)[C@H](C)[C@@H](O)[C@@H](CCC(C)=O)C(=O)N[C@@H](C(C)C)C(=O)N[C@@H](Cc3cc(O)cc(F)c3)C(=O)N3CCCC(N3)C(=O)O1)[C@H](C)[C@H](O)[C@@H]2C. The predicted octanol–water partition coefficient (Wildman–Crippen LogP) is 5.47. The number of fused-ring (bicyclic) bond motifs is 2. The number of nitrogens with one attached hydrogen (secondary N) is 4. The second-order valence-corrected chi connectivity index (χ2v) is 22.9. The summed E-state index contributed by atoms with van der Waals surface area (Å²) in [5, 5.41) is 65.6. The first-order chi connectivity index (χ1) is 37.3. The average Bonchev–Trinajstić information content (AvgIpc) is 3.45. The second kappa shape index (κ2) is 29.2. The molecular formula is C60H88FN5O13. The van der Waals surface area contributed by atoms with E-state index in [1.165, 1.54) is 24.1 Å². The molecule has 2 bridgehead atoms. The van der Waals surface area contributed by atoms with E-state index in [0.717, 1.165) is 12.1 Å². The van der Waals surface area contributed by atoms with Crippen molar-refractivity contribution in [1.82, 2.24) is 26.4 Å². The molecule has 4 aliphatic heterocycles. The van der Waals surface area contributed by atoms with E-state index in [-0.39, 0.29) is 79.6 Å². The third-order valence-corrected chi connectivity index (χ3v) is 16.6. The molecule has 438 valence electrons. The van der Waals surface area contributed by atoms with Crippen molar-refractivity contribution >= 4 is 35.4 Å². The zero-order chi connectivity index (χ0) is 58.5. The number of phenolic OH excluding ortho intramolecular Hbond substituents is 1. The highest BCUT2D eigenvalue weighted by Crippen LogP contribution is 2.46. The number of phenols is 1. The molecule has 0 aliphatic carbocycles. The molecule has 4 heterocycles. The summed E-state index contributed by atoms with van der Waals surface area (Å²) in [5.74, 6) is -8.16. The third-order valence-electron chi connectivity index (χ3n) is 16.6. The molecule has 16 atom stereocenters. The Bertz CT molecular complexity index is 2440. The van der Waals surface area contributed by atoms with Crippen molar-refractivity contribution in [2.45, 2.75) is 194 Å². The number of ether oxygens (including phenoxy) is 2. The van der Waals surface area contributed by atoms with Crippen LogP contribution in [0.5, 0.6) is 5.75 Å². The van der Waals surface area contributed by atoms with Gasteiger partial charge < -0.3 is 55.8 Å². The highest BCUT2D eigenvalue weighted by Gasteiger charge is 2.56. The minimum absolute atomic E-state index is 0.0692. The lowest BCUT2D eigenvalue weighted by atomic mass is 9.70. The second-order valence-electron chi connectivity index (χ2n) is 22.9. The van der Waals surface area contributed by atoms with Crippen LogP contribution in [0.25, 0.3) is 0 Å². The van der Waals surface area contributed by atoms with Crippen molar-refractivity contribution in [3.63, 3.8) is 0 Å². The Balaban J connectivity index is 1.36. The number of hydrogen-bond acceptors (Lipinski definition) is 14. The van der Waals surface area contributed by atoms with E-state index in [1.54, 1.807) is 45.1 Å². The number of benzene rings is 1. The first-order valence-corrected chi connectivity index (χ1v) is 28.2. The lowest BCUT2D eigenvalue weighted by molar-refractivity contribution is -0.261. The molecular weight excluding hydrogens is 1020 g/mol. The summed E-state index contributed by atoms with van der Waals surface area (Å²) in [6.45, 7) is 17.8. The van der Waals surface area contributed by atoms with Crippen LogP contribution in [0, 0.1) is 47.2 Å². The molecule has 3 fully saturated rings. The number of aliphatic hydroxyl groups excluding tert-OH is 4. The summed E-state index contributed by atoms with van der Waals surface area (Å²) in [5.41, 5.74) is 3.43.